The summed E-state index contributed by atoms with van der Waals surface area (Å²) in [5, 5.41) is 3.06. The Morgan fingerprint density at radius 2 is 1.53 bits per heavy atom. The number of anilines is 1. The van der Waals surface area contributed by atoms with Crippen molar-refractivity contribution < 1.29 is 18.0 Å². The van der Waals surface area contributed by atoms with Gasteiger partial charge in [0, 0.05) is 18.6 Å². The number of nitrogens with one attached hydrogen (secondary N) is 1. The third-order valence-electron chi connectivity index (χ3n) is 5.87. The summed E-state index contributed by atoms with van der Waals surface area (Å²) in [7, 11) is -2.59. The molecule has 0 fully saturated rings. The van der Waals surface area contributed by atoms with Gasteiger partial charge in [-0.2, -0.15) is 0 Å². The highest BCUT2D eigenvalue weighted by Crippen LogP contribution is 2.25. The first kappa shape index (κ1) is 27.2. The minimum absolute atomic E-state index is 0.0715. The van der Waals surface area contributed by atoms with Crippen LogP contribution in [0.2, 0.25) is 5.02 Å². The summed E-state index contributed by atoms with van der Waals surface area (Å²) in [6.45, 7) is 4.96. The largest absolute Gasteiger partial charge is 0.357 e. The minimum atomic E-state index is -4.08. The number of carbonyl (C=O) groups is 2. The molecular weight excluding hydrogens is 498 g/mol. The van der Waals surface area contributed by atoms with Crippen LogP contribution in [-0.2, 0) is 26.2 Å². The molecule has 7 nitrogen and oxygen atoms in total. The number of halogens is 1. The zero-order valence-electron chi connectivity index (χ0n) is 20.7. The van der Waals surface area contributed by atoms with E-state index in [1.807, 2.05) is 13.8 Å². The lowest BCUT2D eigenvalue weighted by Crippen LogP contribution is -2.50. The Bertz CT molecular complexity index is 1330. The maximum atomic E-state index is 13.7. The van der Waals surface area contributed by atoms with Gasteiger partial charge in [-0.05, 0) is 62.7 Å². The predicted octanol–water partition coefficient (Wildman–Crippen LogP) is 4.32. The molecule has 3 aromatic rings. The van der Waals surface area contributed by atoms with E-state index >= 15 is 0 Å². The molecule has 1 atom stereocenters. The van der Waals surface area contributed by atoms with Gasteiger partial charge in [0.1, 0.15) is 12.6 Å². The van der Waals surface area contributed by atoms with Gasteiger partial charge < -0.3 is 10.2 Å². The Balaban J connectivity index is 2.02. The molecule has 0 spiro atoms. The third-order valence-corrected chi connectivity index (χ3v) is 7.89. The smallest absolute Gasteiger partial charge is 0.264 e. The molecule has 190 valence electrons. The van der Waals surface area contributed by atoms with Crippen LogP contribution < -0.4 is 9.62 Å². The molecular formula is C27H30ClN3O4S. The minimum Gasteiger partial charge on any atom is -0.357 e. The van der Waals surface area contributed by atoms with Gasteiger partial charge in [0.2, 0.25) is 11.8 Å². The number of hydrogen-bond donors (Lipinski definition) is 1. The quantitative estimate of drug-likeness (QED) is 0.449. The fraction of sp³-hybridized carbons (Fsp3) is 0.259. The second-order valence-electron chi connectivity index (χ2n) is 8.60. The van der Waals surface area contributed by atoms with E-state index < -0.39 is 28.5 Å². The van der Waals surface area contributed by atoms with Crippen LogP contribution in [0.1, 0.15) is 23.6 Å². The lowest BCUT2D eigenvalue weighted by molar-refractivity contribution is -0.139. The van der Waals surface area contributed by atoms with Crippen LogP contribution in [0.3, 0.4) is 0 Å². The van der Waals surface area contributed by atoms with Gasteiger partial charge in [0.15, 0.2) is 0 Å². The van der Waals surface area contributed by atoms with Crippen molar-refractivity contribution in [1.29, 1.82) is 0 Å². The van der Waals surface area contributed by atoms with Gasteiger partial charge in [-0.1, -0.05) is 59.1 Å². The zero-order valence-corrected chi connectivity index (χ0v) is 22.3. The molecule has 36 heavy (non-hydrogen) atoms. The lowest BCUT2D eigenvalue weighted by Gasteiger charge is -2.31. The van der Waals surface area contributed by atoms with Crippen LogP contribution in [0.4, 0.5) is 5.69 Å². The van der Waals surface area contributed by atoms with Gasteiger partial charge in [-0.15, -0.1) is 0 Å². The molecule has 3 rings (SSSR count). The van der Waals surface area contributed by atoms with Crippen LogP contribution in [0.15, 0.2) is 77.7 Å². The van der Waals surface area contributed by atoms with Crippen molar-refractivity contribution in [2.45, 2.75) is 38.3 Å². The summed E-state index contributed by atoms with van der Waals surface area (Å²) in [6, 6.07) is 19.5. The van der Waals surface area contributed by atoms with Gasteiger partial charge in [-0.25, -0.2) is 8.42 Å². The van der Waals surface area contributed by atoms with Crippen LogP contribution in [-0.4, -0.2) is 44.8 Å². The SMILES string of the molecule is CNC(=O)C(C)N(Cc1cccc(Cl)c1)C(=O)CN(c1ccc(C)cc1)S(=O)(=O)c1ccc(C)cc1. The summed E-state index contributed by atoms with van der Waals surface area (Å²) in [4.78, 5) is 27.6. The van der Waals surface area contributed by atoms with E-state index in [1.165, 1.54) is 24.1 Å². The highest BCUT2D eigenvalue weighted by atomic mass is 35.5. The van der Waals surface area contributed by atoms with Crippen molar-refractivity contribution in [3.8, 4) is 0 Å². The third kappa shape index (κ3) is 6.44. The molecule has 0 aliphatic rings. The Hall–Kier alpha value is -3.36. The number of benzene rings is 3. The Morgan fingerprint density at radius 3 is 2.08 bits per heavy atom. The highest BCUT2D eigenvalue weighted by Gasteiger charge is 2.32. The molecule has 3 aromatic carbocycles. The summed E-state index contributed by atoms with van der Waals surface area (Å²) < 4.78 is 28.5. The number of aryl methyl sites for hydroxylation is 2. The molecule has 0 saturated carbocycles. The monoisotopic (exact) mass is 527 g/mol. The van der Waals surface area contributed by atoms with Crippen LogP contribution >= 0.6 is 11.6 Å². The number of nitrogens with zero attached hydrogens (tertiary/aromatic N) is 2. The normalized spacial score (nSPS) is 12.0. The van der Waals surface area contributed by atoms with E-state index in [1.54, 1.807) is 67.6 Å². The first-order valence-corrected chi connectivity index (χ1v) is 13.3. The molecule has 0 heterocycles. The molecule has 0 bridgehead atoms. The van der Waals surface area contributed by atoms with Gasteiger partial charge in [-0.3, -0.25) is 13.9 Å². The Labute approximate surface area is 217 Å². The molecule has 0 radical (unpaired) electrons. The summed E-state index contributed by atoms with van der Waals surface area (Å²) in [6.07, 6.45) is 0. The zero-order chi connectivity index (χ0) is 26.5. The summed E-state index contributed by atoms with van der Waals surface area (Å²) in [5.41, 5.74) is 2.94. The van der Waals surface area contributed by atoms with E-state index in [0.717, 1.165) is 21.0 Å². The molecule has 0 aromatic heterocycles. The maximum Gasteiger partial charge on any atom is 0.264 e. The lowest BCUT2D eigenvalue weighted by atomic mass is 10.1. The first-order valence-electron chi connectivity index (χ1n) is 11.4. The molecule has 9 heteroatoms. The topological polar surface area (TPSA) is 86.8 Å². The Kier molecular flexibility index (Phi) is 8.76. The van der Waals surface area contributed by atoms with Crippen molar-refractivity contribution in [2.24, 2.45) is 0 Å². The number of sulfonamides is 1. The van der Waals surface area contributed by atoms with E-state index in [2.05, 4.69) is 5.32 Å². The van der Waals surface area contributed by atoms with E-state index in [9.17, 15) is 18.0 Å². The summed E-state index contributed by atoms with van der Waals surface area (Å²) in [5.74, 6) is -0.893. The highest BCUT2D eigenvalue weighted by molar-refractivity contribution is 7.92. The van der Waals surface area contributed by atoms with Crippen molar-refractivity contribution in [2.75, 3.05) is 17.9 Å². The number of carbonyl (C=O) groups excluding carboxylic acids is 2. The number of amides is 2. The van der Waals surface area contributed by atoms with E-state index in [-0.39, 0.29) is 17.3 Å². The van der Waals surface area contributed by atoms with Gasteiger partial charge in [0.25, 0.3) is 10.0 Å². The van der Waals surface area contributed by atoms with Crippen molar-refractivity contribution in [3.63, 3.8) is 0 Å². The van der Waals surface area contributed by atoms with Crippen molar-refractivity contribution in [1.82, 2.24) is 10.2 Å². The molecule has 2 amide bonds. The molecule has 0 saturated heterocycles. The van der Waals surface area contributed by atoms with Crippen molar-refractivity contribution in [3.05, 3.63) is 94.5 Å². The van der Waals surface area contributed by atoms with E-state index in [0.29, 0.717) is 10.7 Å². The number of likely N-dealkylation sites (N-methyl/N-ethyl adjacent to an activating group) is 1. The van der Waals surface area contributed by atoms with Crippen LogP contribution in [0, 0.1) is 13.8 Å². The predicted molar refractivity (Wildman–Crippen MR) is 142 cm³/mol. The second kappa shape index (κ2) is 11.6. The average Bonchev–Trinajstić information content (AvgIpc) is 2.85. The maximum absolute atomic E-state index is 13.7. The fourth-order valence-corrected chi connectivity index (χ4v) is 5.33. The number of hydrogen-bond acceptors (Lipinski definition) is 4. The van der Waals surface area contributed by atoms with E-state index in [4.69, 9.17) is 11.6 Å². The second-order valence-corrected chi connectivity index (χ2v) is 10.9. The molecule has 0 aliphatic carbocycles. The fourth-order valence-electron chi connectivity index (χ4n) is 3.70. The summed E-state index contributed by atoms with van der Waals surface area (Å²) >= 11 is 6.12. The standard InChI is InChI=1S/C27H30ClN3O4S/c1-19-8-12-24(13-9-19)31(36(34,35)25-14-10-20(2)11-15-25)18-26(32)30(21(3)27(33)29-4)17-22-6-5-7-23(28)16-22/h5-16,21H,17-18H2,1-4H3,(H,29,33). The Morgan fingerprint density at radius 1 is 0.944 bits per heavy atom. The van der Waals surface area contributed by atoms with Gasteiger partial charge >= 0.3 is 0 Å². The van der Waals surface area contributed by atoms with Crippen LogP contribution in [0.25, 0.3) is 0 Å². The molecule has 1 unspecified atom stereocenters. The molecule has 1 N–H and O–H groups in total. The molecule has 0 aliphatic heterocycles. The van der Waals surface area contributed by atoms with Crippen LogP contribution in [0.5, 0.6) is 0 Å². The average molecular weight is 528 g/mol. The van der Waals surface area contributed by atoms with Gasteiger partial charge in [0.05, 0.1) is 10.6 Å². The van der Waals surface area contributed by atoms with Crippen molar-refractivity contribution >= 4 is 39.1 Å². The first-order chi connectivity index (χ1) is 17.0. The number of rotatable bonds is 9.